The van der Waals surface area contributed by atoms with Crippen LogP contribution in [0.15, 0.2) is 12.2 Å². The molecule has 0 saturated heterocycles. The van der Waals surface area contributed by atoms with Gasteiger partial charge in [0.25, 0.3) is 0 Å². The lowest BCUT2D eigenvalue weighted by atomic mass is 9.87. The summed E-state index contributed by atoms with van der Waals surface area (Å²) in [4.78, 5) is 22.4. The Labute approximate surface area is 102 Å². The molecule has 0 spiro atoms. The molecule has 4 nitrogen and oxygen atoms in total. The fraction of sp³-hybridized carbons (Fsp3) is 0.692. The molecular weight excluding hydrogens is 218 g/mol. The van der Waals surface area contributed by atoms with Crippen LogP contribution in [-0.4, -0.2) is 29.4 Å². The summed E-state index contributed by atoms with van der Waals surface area (Å²) >= 11 is 0. The van der Waals surface area contributed by atoms with Crippen molar-refractivity contribution in [3.05, 3.63) is 12.2 Å². The average molecular weight is 239 g/mol. The molecule has 4 heteroatoms. The molecule has 0 unspecified atom stereocenters. The first-order valence-electron chi connectivity index (χ1n) is 6.12. The summed E-state index contributed by atoms with van der Waals surface area (Å²) < 4.78 is 0. The van der Waals surface area contributed by atoms with Crippen molar-refractivity contribution in [2.24, 2.45) is 5.92 Å². The van der Waals surface area contributed by atoms with Gasteiger partial charge in [0.1, 0.15) is 0 Å². The van der Waals surface area contributed by atoms with Gasteiger partial charge in [-0.15, -0.1) is 0 Å². The number of carbonyl (C=O) groups is 2. The lowest BCUT2D eigenvalue weighted by Gasteiger charge is -2.25. The molecular formula is C13H21NO3. The lowest BCUT2D eigenvalue weighted by Crippen LogP contribution is -2.32. The molecule has 1 rings (SSSR count). The van der Waals surface area contributed by atoms with E-state index in [2.05, 4.69) is 11.9 Å². The van der Waals surface area contributed by atoms with E-state index < -0.39 is 0 Å². The number of ketones is 1. The van der Waals surface area contributed by atoms with Gasteiger partial charge < -0.3 is 10.4 Å². The summed E-state index contributed by atoms with van der Waals surface area (Å²) in [7, 11) is 0. The van der Waals surface area contributed by atoms with Gasteiger partial charge in [-0.3, -0.25) is 9.59 Å². The summed E-state index contributed by atoms with van der Waals surface area (Å²) in [6.07, 6.45) is 3.47. The van der Waals surface area contributed by atoms with Crippen LogP contribution in [0.25, 0.3) is 0 Å². The Hall–Kier alpha value is -1.16. The largest absolute Gasteiger partial charge is 0.393 e. The predicted molar refractivity (Wildman–Crippen MR) is 65.4 cm³/mol. The topological polar surface area (TPSA) is 66.4 Å². The van der Waals surface area contributed by atoms with Gasteiger partial charge in [0.15, 0.2) is 5.78 Å². The average Bonchev–Trinajstić information content (AvgIpc) is 2.28. The van der Waals surface area contributed by atoms with Gasteiger partial charge >= 0.3 is 0 Å². The smallest absolute Gasteiger partial charge is 0.224 e. The molecule has 17 heavy (non-hydrogen) atoms. The maximum Gasteiger partial charge on any atom is 0.224 e. The minimum Gasteiger partial charge on any atom is -0.393 e. The Morgan fingerprint density at radius 2 is 1.88 bits per heavy atom. The Balaban J connectivity index is 2.20. The van der Waals surface area contributed by atoms with Crippen molar-refractivity contribution < 1.29 is 14.7 Å². The van der Waals surface area contributed by atoms with E-state index >= 15 is 0 Å². The number of aliphatic hydroxyl groups is 1. The Morgan fingerprint density at radius 1 is 1.29 bits per heavy atom. The van der Waals surface area contributed by atoms with Crippen LogP contribution in [0, 0.1) is 5.92 Å². The van der Waals surface area contributed by atoms with E-state index in [4.69, 9.17) is 0 Å². The van der Waals surface area contributed by atoms with Crippen LogP contribution in [0.3, 0.4) is 0 Å². The standard InChI is InChI=1S/C13H21NO3/c1-9(10(2)15)7-13(17)14-8-11-3-5-12(16)6-4-11/h11-12,16H,1,3-8H2,2H3,(H,14,17). The molecule has 0 atom stereocenters. The molecule has 0 aromatic rings. The molecule has 0 aliphatic heterocycles. The van der Waals surface area contributed by atoms with E-state index in [-0.39, 0.29) is 24.2 Å². The number of amides is 1. The summed E-state index contributed by atoms with van der Waals surface area (Å²) in [6, 6.07) is 0. The third kappa shape index (κ3) is 5.13. The van der Waals surface area contributed by atoms with E-state index in [0.717, 1.165) is 25.7 Å². The molecule has 1 saturated carbocycles. The second-order valence-electron chi connectivity index (χ2n) is 4.82. The Bertz CT molecular complexity index is 304. The number of hydrogen-bond donors (Lipinski definition) is 2. The molecule has 1 aliphatic rings. The highest BCUT2D eigenvalue weighted by atomic mass is 16.3. The summed E-state index contributed by atoms with van der Waals surface area (Å²) in [5.41, 5.74) is 0.349. The van der Waals surface area contributed by atoms with Crippen LogP contribution in [0.4, 0.5) is 0 Å². The molecule has 1 aliphatic carbocycles. The van der Waals surface area contributed by atoms with Gasteiger partial charge in [0.05, 0.1) is 12.5 Å². The molecule has 96 valence electrons. The number of aliphatic hydroxyl groups excluding tert-OH is 1. The zero-order valence-corrected chi connectivity index (χ0v) is 10.4. The maximum atomic E-state index is 11.5. The van der Waals surface area contributed by atoms with Gasteiger partial charge in [-0.1, -0.05) is 6.58 Å². The van der Waals surface area contributed by atoms with Crippen molar-refractivity contribution in [3.63, 3.8) is 0 Å². The quantitative estimate of drug-likeness (QED) is 0.708. The van der Waals surface area contributed by atoms with Crippen LogP contribution in [-0.2, 0) is 9.59 Å². The van der Waals surface area contributed by atoms with Crippen molar-refractivity contribution in [1.29, 1.82) is 0 Å². The van der Waals surface area contributed by atoms with Gasteiger partial charge in [-0.25, -0.2) is 0 Å². The fourth-order valence-electron chi connectivity index (χ4n) is 1.99. The Kier molecular flexibility index (Phi) is 5.35. The van der Waals surface area contributed by atoms with Crippen molar-refractivity contribution in [3.8, 4) is 0 Å². The molecule has 0 aromatic carbocycles. The second-order valence-corrected chi connectivity index (χ2v) is 4.82. The van der Waals surface area contributed by atoms with Gasteiger partial charge in [-0.2, -0.15) is 0 Å². The molecule has 0 aromatic heterocycles. The summed E-state index contributed by atoms with van der Waals surface area (Å²) in [5, 5.41) is 12.2. The van der Waals surface area contributed by atoms with E-state index in [1.165, 1.54) is 6.92 Å². The fourth-order valence-corrected chi connectivity index (χ4v) is 1.99. The monoisotopic (exact) mass is 239 g/mol. The number of carbonyl (C=O) groups excluding carboxylic acids is 2. The number of hydrogen-bond acceptors (Lipinski definition) is 3. The lowest BCUT2D eigenvalue weighted by molar-refractivity contribution is -0.122. The summed E-state index contributed by atoms with van der Waals surface area (Å²) in [5.74, 6) is 0.171. The van der Waals surface area contributed by atoms with Crippen LogP contribution in [0.2, 0.25) is 0 Å². The van der Waals surface area contributed by atoms with E-state index in [9.17, 15) is 14.7 Å². The number of nitrogens with one attached hydrogen (secondary N) is 1. The molecule has 2 N–H and O–H groups in total. The third-order valence-electron chi connectivity index (χ3n) is 3.28. The van der Waals surface area contributed by atoms with Crippen LogP contribution in [0.5, 0.6) is 0 Å². The Morgan fingerprint density at radius 3 is 2.41 bits per heavy atom. The molecule has 0 heterocycles. The first kappa shape index (κ1) is 13.9. The zero-order chi connectivity index (χ0) is 12.8. The summed E-state index contributed by atoms with van der Waals surface area (Å²) in [6.45, 7) is 5.61. The first-order valence-corrected chi connectivity index (χ1v) is 6.12. The van der Waals surface area contributed by atoms with E-state index in [1.807, 2.05) is 0 Å². The first-order chi connectivity index (χ1) is 7.99. The minimum atomic E-state index is -0.167. The number of rotatable bonds is 5. The minimum absolute atomic E-state index is 0.0880. The highest BCUT2D eigenvalue weighted by Gasteiger charge is 2.19. The zero-order valence-electron chi connectivity index (χ0n) is 10.4. The number of Topliss-reactive ketones (excluding diaryl/α,β-unsaturated/α-hetero) is 1. The third-order valence-corrected chi connectivity index (χ3v) is 3.28. The SMILES string of the molecule is C=C(CC(=O)NCC1CCC(O)CC1)C(C)=O. The maximum absolute atomic E-state index is 11.5. The highest BCUT2D eigenvalue weighted by Crippen LogP contribution is 2.23. The van der Waals surface area contributed by atoms with Crippen LogP contribution < -0.4 is 5.32 Å². The highest BCUT2D eigenvalue weighted by molar-refractivity contribution is 5.97. The normalized spacial score (nSPS) is 24.1. The van der Waals surface area contributed by atoms with Crippen LogP contribution >= 0.6 is 0 Å². The van der Waals surface area contributed by atoms with E-state index in [0.29, 0.717) is 18.0 Å². The van der Waals surface area contributed by atoms with Crippen molar-refractivity contribution in [2.75, 3.05) is 6.54 Å². The van der Waals surface area contributed by atoms with E-state index in [1.54, 1.807) is 0 Å². The molecule has 0 radical (unpaired) electrons. The molecule has 1 fully saturated rings. The molecule has 1 amide bonds. The van der Waals surface area contributed by atoms with Crippen molar-refractivity contribution >= 4 is 11.7 Å². The van der Waals surface area contributed by atoms with Gasteiger partial charge in [-0.05, 0) is 44.1 Å². The van der Waals surface area contributed by atoms with Crippen molar-refractivity contribution in [1.82, 2.24) is 5.32 Å². The predicted octanol–water partition coefficient (Wildman–Crippen LogP) is 1.19. The molecule has 0 bridgehead atoms. The van der Waals surface area contributed by atoms with Gasteiger partial charge in [0.2, 0.25) is 5.91 Å². The van der Waals surface area contributed by atoms with Crippen molar-refractivity contribution in [2.45, 2.75) is 45.1 Å². The second kappa shape index (κ2) is 6.55. The van der Waals surface area contributed by atoms with Crippen LogP contribution in [0.1, 0.15) is 39.0 Å². The van der Waals surface area contributed by atoms with Gasteiger partial charge in [0, 0.05) is 6.54 Å².